The molecule has 0 spiro atoms. The average molecular weight is 183 g/mol. The van der Waals surface area contributed by atoms with Crippen molar-refractivity contribution in [3.05, 3.63) is 42.1 Å². The molecular formula is C11H9N3. The van der Waals surface area contributed by atoms with Crippen LogP contribution in [-0.4, -0.2) is 4.98 Å². The molecule has 0 aliphatic heterocycles. The predicted molar refractivity (Wildman–Crippen MR) is 55.4 cm³/mol. The van der Waals surface area contributed by atoms with Crippen LogP contribution < -0.4 is 5.73 Å². The summed E-state index contributed by atoms with van der Waals surface area (Å²) in [6.45, 7) is 0. The number of nitrogens with zero attached hydrogens (tertiary/aromatic N) is 1. The monoisotopic (exact) mass is 183 g/mol. The number of aromatic nitrogens is 1. The van der Waals surface area contributed by atoms with Crippen molar-refractivity contribution in [3.63, 3.8) is 0 Å². The van der Waals surface area contributed by atoms with E-state index in [-0.39, 0.29) is 0 Å². The third kappa shape index (κ3) is 1.23. The van der Waals surface area contributed by atoms with Crippen molar-refractivity contribution >= 4 is 5.82 Å². The van der Waals surface area contributed by atoms with Crippen LogP contribution in [-0.2, 0) is 0 Å². The number of nitrogens with one attached hydrogen (secondary N) is 1. The highest BCUT2D eigenvalue weighted by molar-refractivity contribution is 5.75. The van der Waals surface area contributed by atoms with Gasteiger partial charge in [-0.15, -0.1) is 0 Å². The van der Waals surface area contributed by atoms with Crippen LogP contribution >= 0.6 is 0 Å². The molecule has 0 bridgehead atoms. The Balaban J connectivity index is 2.59. The smallest absolute Gasteiger partial charge is 0.119 e. The Morgan fingerprint density at radius 3 is 2.57 bits per heavy atom. The van der Waals surface area contributed by atoms with Gasteiger partial charge < -0.3 is 10.7 Å². The van der Waals surface area contributed by atoms with E-state index >= 15 is 0 Å². The maximum Gasteiger partial charge on any atom is 0.119 e. The van der Waals surface area contributed by atoms with Crippen molar-refractivity contribution in [1.82, 2.24) is 4.98 Å². The van der Waals surface area contributed by atoms with E-state index in [0.717, 1.165) is 11.1 Å². The summed E-state index contributed by atoms with van der Waals surface area (Å²) in [6, 6.07) is 11.8. The normalized spacial score (nSPS) is 9.64. The summed E-state index contributed by atoms with van der Waals surface area (Å²) in [5.41, 5.74) is 7.97. The first kappa shape index (κ1) is 8.39. The zero-order chi connectivity index (χ0) is 9.97. The molecule has 3 N–H and O–H groups in total. The molecule has 0 unspecified atom stereocenters. The molecule has 0 atom stereocenters. The van der Waals surface area contributed by atoms with Crippen LogP contribution in [0.2, 0.25) is 0 Å². The van der Waals surface area contributed by atoms with Gasteiger partial charge in [0.05, 0.1) is 0 Å². The minimum absolute atomic E-state index is 0.423. The van der Waals surface area contributed by atoms with Crippen LogP contribution in [0.4, 0.5) is 5.82 Å². The van der Waals surface area contributed by atoms with Crippen molar-refractivity contribution in [2.75, 3.05) is 5.73 Å². The van der Waals surface area contributed by atoms with Crippen LogP contribution in [0.15, 0.2) is 36.5 Å². The number of aromatic amines is 1. The molecule has 2 aromatic rings. The lowest BCUT2D eigenvalue weighted by molar-refractivity contribution is 1.40. The quantitative estimate of drug-likeness (QED) is 0.711. The lowest BCUT2D eigenvalue weighted by Gasteiger charge is -1.97. The van der Waals surface area contributed by atoms with Gasteiger partial charge in [-0.3, -0.25) is 0 Å². The lowest BCUT2D eigenvalue weighted by atomic mass is 10.1. The van der Waals surface area contributed by atoms with E-state index in [1.807, 2.05) is 30.3 Å². The SMILES string of the molecule is N#Cc1c(-c2ccccc2)c[nH]c1N. The molecule has 1 aromatic carbocycles. The van der Waals surface area contributed by atoms with E-state index in [4.69, 9.17) is 11.0 Å². The number of rotatable bonds is 1. The molecule has 68 valence electrons. The Labute approximate surface area is 81.8 Å². The fraction of sp³-hybridized carbons (Fsp3) is 0. The van der Waals surface area contributed by atoms with E-state index in [1.165, 1.54) is 0 Å². The molecule has 1 aromatic heterocycles. The highest BCUT2D eigenvalue weighted by Gasteiger charge is 2.09. The largest absolute Gasteiger partial charge is 0.384 e. The second kappa shape index (κ2) is 3.27. The Kier molecular flexibility index (Phi) is 1.96. The molecule has 0 aliphatic carbocycles. The Hall–Kier alpha value is -2.21. The van der Waals surface area contributed by atoms with E-state index in [2.05, 4.69) is 11.1 Å². The lowest BCUT2D eigenvalue weighted by Crippen LogP contribution is -1.87. The molecule has 14 heavy (non-hydrogen) atoms. The molecule has 3 heteroatoms. The van der Waals surface area contributed by atoms with Gasteiger partial charge in [0.2, 0.25) is 0 Å². The molecule has 0 saturated heterocycles. The van der Waals surface area contributed by atoms with Gasteiger partial charge in [-0.2, -0.15) is 5.26 Å². The van der Waals surface area contributed by atoms with Gasteiger partial charge in [0, 0.05) is 11.8 Å². The number of H-pyrrole nitrogens is 1. The van der Waals surface area contributed by atoms with E-state index < -0.39 is 0 Å². The summed E-state index contributed by atoms with van der Waals surface area (Å²) in [6.07, 6.45) is 1.75. The Morgan fingerprint density at radius 2 is 1.93 bits per heavy atom. The first-order chi connectivity index (χ1) is 6.83. The number of anilines is 1. The summed E-state index contributed by atoms with van der Waals surface area (Å²) in [7, 11) is 0. The molecule has 0 amide bonds. The van der Waals surface area contributed by atoms with E-state index in [1.54, 1.807) is 6.20 Å². The van der Waals surface area contributed by atoms with Crippen molar-refractivity contribution < 1.29 is 0 Å². The van der Waals surface area contributed by atoms with Gasteiger partial charge in [-0.1, -0.05) is 30.3 Å². The number of nitrogens with two attached hydrogens (primary N) is 1. The number of hydrogen-bond acceptors (Lipinski definition) is 2. The summed E-state index contributed by atoms with van der Waals surface area (Å²) in [4.78, 5) is 2.84. The Morgan fingerprint density at radius 1 is 1.21 bits per heavy atom. The zero-order valence-corrected chi connectivity index (χ0v) is 7.49. The van der Waals surface area contributed by atoms with E-state index in [0.29, 0.717) is 11.4 Å². The van der Waals surface area contributed by atoms with Crippen molar-refractivity contribution in [2.24, 2.45) is 0 Å². The second-order valence-corrected chi connectivity index (χ2v) is 2.97. The highest BCUT2D eigenvalue weighted by Crippen LogP contribution is 2.26. The molecule has 0 saturated carbocycles. The van der Waals surface area contributed by atoms with Crippen LogP contribution in [0.25, 0.3) is 11.1 Å². The third-order valence-electron chi connectivity index (χ3n) is 2.11. The standard InChI is InChI=1S/C11H9N3/c12-6-9-10(7-14-11(9)13)8-4-2-1-3-5-8/h1-5,7,14H,13H2. The second-order valence-electron chi connectivity index (χ2n) is 2.97. The maximum absolute atomic E-state index is 8.90. The van der Waals surface area contributed by atoms with Crippen molar-refractivity contribution in [1.29, 1.82) is 5.26 Å². The molecule has 0 aliphatic rings. The summed E-state index contributed by atoms with van der Waals surface area (Å²) < 4.78 is 0. The summed E-state index contributed by atoms with van der Waals surface area (Å²) in [5, 5.41) is 8.90. The van der Waals surface area contributed by atoms with Gasteiger partial charge in [-0.25, -0.2) is 0 Å². The minimum Gasteiger partial charge on any atom is -0.384 e. The van der Waals surface area contributed by atoms with Crippen LogP contribution in [0.1, 0.15) is 5.56 Å². The molecular weight excluding hydrogens is 174 g/mol. The molecule has 0 fully saturated rings. The van der Waals surface area contributed by atoms with Crippen LogP contribution in [0.5, 0.6) is 0 Å². The fourth-order valence-corrected chi connectivity index (χ4v) is 1.41. The molecule has 2 rings (SSSR count). The van der Waals surface area contributed by atoms with Crippen molar-refractivity contribution in [2.45, 2.75) is 0 Å². The number of benzene rings is 1. The van der Waals surface area contributed by atoms with Gasteiger partial charge in [0.15, 0.2) is 0 Å². The third-order valence-corrected chi connectivity index (χ3v) is 2.11. The highest BCUT2D eigenvalue weighted by atomic mass is 14.8. The van der Waals surface area contributed by atoms with Gasteiger partial charge in [0.25, 0.3) is 0 Å². The maximum atomic E-state index is 8.90. The van der Waals surface area contributed by atoms with Gasteiger partial charge in [0.1, 0.15) is 17.5 Å². The van der Waals surface area contributed by atoms with E-state index in [9.17, 15) is 0 Å². The van der Waals surface area contributed by atoms with Gasteiger partial charge in [-0.05, 0) is 5.56 Å². The number of hydrogen-bond donors (Lipinski definition) is 2. The first-order valence-electron chi connectivity index (χ1n) is 4.25. The van der Waals surface area contributed by atoms with Crippen LogP contribution in [0.3, 0.4) is 0 Å². The van der Waals surface area contributed by atoms with Crippen molar-refractivity contribution in [3.8, 4) is 17.2 Å². The molecule has 0 radical (unpaired) electrons. The first-order valence-corrected chi connectivity index (χ1v) is 4.25. The predicted octanol–water partition coefficient (Wildman–Crippen LogP) is 2.14. The topological polar surface area (TPSA) is 65.6 Å². The Bertz CT molecular complexity index is 477. The molecule has 1 heterocycles. The summed E-state index contributed by atoms with van der Waals surface area (Å²) in [5.74, 6) is 0.423. The number of nitriles is 1. The zero-order valence-electron chi connectivity index (χ0n) is 7.49. The minimum atomic E-state index is 0.423. The fourth-order valence-electron chi connectivity index (χ4n) is 1.41. The number of nitrogen functional groups attached to an aromatic ring is 1. The summed E-state index contributed by atoms with van der Waals surface area (Å²) >= 11 is 0. The average Bonchev–Trinajstić information content (AvgIpc) is 2.61. The van der Waals surface area contributed by atoms with Gasteiger partial charge >= 0.3 is 0 Å². The van der Waals surface area contributed by atoms with Crippen LogP contribution in [0, 0.1) is 11.3 Å². The molecule has 3 nitrogen and oxygen atoms in total.